The van der Waals surface area contributed by atoms with E-state index in [9.17, 15) is 22.8 Å². The van der Waals surface area contributed by atoms with Crippen LogP contribution in [0.5, 0.6) is 0 Å². The van der Waals surface area contributed by atoms with Crippen molar-refractivity contribution in [2.24, 2.45) is 0 Å². The average molecular weight is 411 g/mol. The topological polar surface area (TPSA) is 62.3 Å². The van der Waals surface area contributed by atoms with Gasteiger partial charge in [0.15, 0.2) is 5.13 Å². The number of halogens is 3. The molecule has 0 atom stereocenters. The molecule has 0 spiro atoms. The van der Waals surface area contributed by atoms with E-state index in [1.807, 2.05) is 0 Å². The number of amides is 2. The van der Waals surface area contributed by atoms with Gasteiger partial charge in [0.25, 0.3) is 0 Å². The normalized spacial score (nSPS) is 15.4. The maximum Gasteiger partial charge on any atom is 0.416 e. The molecule has 2 aromatic rings. The molecule has 2 amide bonds. The summed E-state index contributed by atoms with van der Waals surface area (Å²) in [7, 11) is 0. The summed E-state index contributed by atoms with van der Waals surface area (Å²) in [4.78, 5) is 30.6. The first-order valence-electron chi connectivity index (χ1n) is 9.00. The molecule has 0 bridgehead atoms. The smallest absolute Gasteiger partial charge is 0.333 e. The summed E-state index contributed by atoms with van der Waals surface area (Å²) in [6.45, 7) is 0.562. The Balaban J connectivity index is 1.58. The van der Waals surface area contributed by atoms with Gasteiger partial charge >= 0.3 is 6.18 Å². The van der Waals surface area contributed by atoms with E-state index in [1.165, 1.54) is 23.6 Å². The molecule has 1 aliphatic heterocycles. The van der Waals surface area contributed by atoms with Crippen LogP contribution in [0.3, 0.4) is 0 Å². The molecule has 28 heavy (non-hydrogen) atoms. The van der Waals surface area contributed by atoms with Crippen LogP contribution in [0.4, 0.5) is 18.3 Å². The van der Waals surface area contributed by atoms with Crippen LogP contribution in [-0.2, 0) is 22.2 Å². The summed E-state index contributed by atoms with van der Waals surface area (Å²) in [5.74, 6) is -0.341. The Morgan fingerprint density at radius 3 is 2.86 bits per heavy atom. The number of hydrogen-bond donors (Lipinski definition) is 1. The van der Waals surface area contributed by atoms with Gasteiger partial charge in [-0.2, -0.15) is 13.2 Å². The van der Waals surface area contributed by atoms with Crippen LogP contribution >= 0.6 is 11.3 Å². The monoisotopic (exact) mass is 411 g/mol. The van der Waals surface area contributed by atoms with Gasteiger partial charge in [-0.1, -0.05) is 24.6 Å². The third-order valence-electron chi connectivity index (χ3n) is 4.44. The maximum absolute atomic E-state index is 12.8. The number of benzene rings is 1. The quantitative estimate of drug-likeness (QED) is 0.806. The Bertz CT molecular complexity index is 851. The summed E-state index contributed by atoms with van der Waals surface area (Å²) >= 11 is 1.21. The zero-order valence-corrected chi connectivity index (χ0v) is 15.9. The van der Waals surface area contributed by atoms with Gasteiger partial charge in [-0.25, -0.2) is 4.98 Å². The fourth-order valence-electron chi connectivity index (χ4n) is 3.04. The van der Waals surface area contributed by atoms with Crippen LogP contribution in [0.2, 0.25) is 0 Å². The summed E-state index contributed by atoms with van der Waals surface area (Å²) < 4.78 is 38.4. The van der Waals surface area contributed by atoms with E-state index in [1.54, 1.807) is 11.0 Å². The van der Waals surface area contributed by atoms with Crippen molar-refractivity contribution < 1.29 is 22.8 Å². The first kappa shape index (κ1) is 20.3. The minimum absolute atomic E-state index is 0.0125. The molecule has 0 aliphatic carbocycles. The molecule has 150 valence electrons. The lowest BCUT2D eigenvalue weighted by atomic mass is 10.1. The molecular weight excluding hydrogens is 391 g/mol. The number of nitrogens with zero attached hydrogens (tertiary/aromatic N) is 2. The Hall–Kier alpha value is -2.42. The Morgan fingerprint density at radius 2 is 2.07 bits per heavy atom. The molecule has 1 aromatic carbocycles. The lowest BCUT2D eigenvalue weighted by Crippen LogP contribution is -2.37. The number of hydrogen-bond acceptors (Lipinski definition) is 4. The summed E-state index contributed by atoms with van der Waals surface area (Å²) in [5, 5.41) is 3.04. The second kappa shape index (κ2) is 8.72. The largest absolute Gasteiger partial charge is 0.416 e. The van der Waals surface area contributed by atoms with E-state index in [-0.39, 0.29) is 18.4 Å². The van der Waals surface area contributed by atoms with Crippen LogP contribution in [0.1, 0.15) is 41.7 Å². The number of anilines is 1. The molecule has 1 N–H and O–H groups in total. The van der Waals surface area contributed by atoms with E-state index in [0.29, 0.717) is 30.1 Å². The van der Waals surface area contributed by atoms with E-state index >= 15 is 0 Å². The predicted octanol–water partition coefficient (Wildman–Crippen LogP) is 4.09. The molecule has 5 nitrogen and oxygen atoms in total. The number of rotatable bonds is 5. The van der Waals surface area contributed by atoms with E-state index in [0.717, 1.165) is 36.3 Å². The molecule has 9 heteroatoms. The van der Waals surface area contributed by atoms with E-state index in [2.05, 4.69) is 10.3 Å². The predicted molar refractivity (Wildman–Crippen MR) is 100 cm³/mol. The molecule has 1 fully saturated rings. The van der Waals surface area contributed by atoms with Crippen molar-refractivity contribution in [1.29, 1.82) is 0 Å². The van der Waals surface area contributed by atoms with Crippen molar-refractivity contribution in [3.63, 3.8) is 0 Å². The van der Waals surface area contributed by atoms with Crippen LogP contribution in [0.25, 0.3) is 0 Å². The summed E-state index contributed by atoms with van der Waals surface area (Å²) in [5.41, 5.74) is -0.170. The number of carbonyl (C=O) groups is 2. The third kappa shape index (κ3) is 5.54. The number of carbonyl (C=O) groups excluding carboxylic acids is 2. The Morgan fingerprint density at radius 1 is 1.25 bits per heavy atom. The molecule has 0 radical (unpaired) electrons. The number of aromatic nitrogens is 1. The van der Waals surface area contributed by atoms with Crippen LogP contribution < -0.4 is 5.32 Å². The van der Waals surface area contributed by atoms with Crippen molar-refractivity contribution >= 4 is 28.3 Å². The van der Waals surface area contributed by atoms with Gasteiger partial charge in [0, 0.05) is 30.5 Å². The lowest BCUT2D eigenvalue weighted by Gasteiger charge is -2.19. The van der Waals surface area contributed by atoms with Gasteiger partial charge in [0.2, 0.25) is 11.8 Å². The first-order chi connectivity index (χ1) is 13.3. The summed E-state index contributed by atoms with van der Waals surface area (Å²) in [6.07, 6.45) is 0.633. The second-order valence-corrected chi connectivity index (χ2v) is 7.80. The van der Waals surface area contributed by atoms with Crippen molar-refractivity contribution in [1.82, 2.24) is 9.88 Å². The van der Waals surface area contributed by atoms with Crippen LogP contribution in [0, 0.1) is 0 Å². The van der Waals surface area contributed by atoms with Gasteiger partial charge in [0.05, 0.1) is 12.1 Å². The number of alkyl halides is 3. The average Bonchev–Trinajstić information content (AvgIpc) is 2.96. The fraction of sp³-hybridized carbons (Fsp3) is 0.421. The van der Waals surface area contributed by atoms with Gasteiger partial charge < -0.3 is 10.2 Å². The zero-order valence-electron chi connectivity index (χ0n) is 15.1. The van der Waals surface area contributed by atoms with E-state index in [4.69, 9.17) is 0 Å². The van der Waals surface area contributed by atoms with E-state index < -0.39 is 11.7 Å². The SMILES string of the molecule is O=C(CN1CCCCCC1=O)Nc1ncc(Cc2cccc(C(F)(F)F)c2)s1. The molecule has 1 aromatic heterocycles. The van der Waals surface area contributed by atoms with Crippen molar-refractivity contribution in [3.05, 3.63) is 46.5 Å². The highest BCUT2D eigenvalue weighted by molar-refractivity contribution is 7.15. The van der Waals surface area contributed by atoms with Crippen molar-refractivity contribution in [2.45, 2.75) is 38.3 Å². The Kier molecular flexibility index (Phi) is 6.33. The van der Waals surface area contributed by atoms with Crippen LogP contribution in [-0.4, -0.2) is 34.8 Å². The molecule has 1 saturated heterocycles. The van der Waals surface area contributed by atoms with Crippen LogP contribution in [0.15, 0.2) is 30.5 Å². The minimum atomic E-state index is -4.38. The van der Waals surface area contributed by atoms with Gasteiger partial charge in [-0.15, -0.1) is 11.3 Å². The highest BCUT2D eigenvalue weighted by Gasteiger charge is 2.30. The molecule has 1 aliphatic rings. The van der Waals surface area contributed by atoms with Gasteiger partial charge in [-0.05, 0) is 24.5 Å². The standard InChI is InChI=1S/C19H20F3N3O2S/c20-19(21,22)14-6-4-5-13(9-14)10-15-11-23-18(28-15)24-16(26)12-25-8-3-1-2-7-17(25)27/h4-6,9,11H,1-3,7-8,10,12H2,(H,23,24,26). The maximum atomic E-state index is 12.8. The first-order valence-corrected chi connectivity index (χ1v) is 9.81. The lowest BCUT2D eigenvalue weighted by molar-refractivity contribution is -0.137. The molecule has 0 saturated carbocycles. The number of nitrogens with one attached hydrogen (secondary N) is 1. The Labute approximate surface area is 164 Å². The molecule has 3 rings (SSSR count). The molecule has 2 heterocycles. The van der Waals surface area contributed by atoms with Crippen molar-refractivity contribution in [3.8, 4) is 0 Å². The zero-order chi connectivity index (χ0) is 20.1. The van der Waals surface area contributed by atoms with Gasteiger partial charge in [-0.3, -0.25) is 9.59 Å². The third-order valence-corrected chi connectivity index (χ3v) is 5.35. The molecule has 0 unspecified atom stereocenters. The summed E-state index contributed by atoms with van der Waals surface area (Å²) in [6, 6.07) is 5.15. The second-order valence-electron chi connectivity index (χ2n) is 6.68. The highest BCUT2D eigenvalue weighted by Crippen LogP contribution is 2.30. The number of thiazole rings is 1. The van der Waals surface area contributed by atoms with Gasteiger partial charge in [0.1, 0.15) is 0 Å². The molecular formula is C19H20F3N3O2S. The highest BCUT2D eigenvalue weighted by atomic mass is 32.1. The fourth-order valence-corrected chi connectivity index (χ4v) is 3.91. The van der Waals surface area contributed by atoms with Crippen molar-refractivity contribution in [2.75, 3.05) is 18.4 Å². The number of likely N-dealkylation sites (tertiary alicyclic amines) is 1. The minimum Gasteiger partial charge on any atom is -0.333 e.